The Bertz CT molecular complexity index is 602. The second-order valence-corrected chi connectivity index (χ2v) is 5.43. The minimum absolute atomic E-state index is 0.0970. The maximum Gasteiger partial charge on any atom is 0.240 e. The summed E-state index contributed by atoms with van der Waals surface area (Å²) in [7, 11) is -2.25. The van der Waals surface area contributed by atoms with Gasteiger partial charge in [-0.15, -0.1) is 0 Å². The predicted molar refractivity (Wildman–Crippen MR) is 66.3 cm³/mol. The number of amides is 1. The quantitative estimate of drug-likeness (QED) is 0.841. The van der Waals surface area contributed by atoms with E-state index >= 15 is 0 Å². The molecule has 0 spiro atoms. The van der Waals surface area contributed by atoms with Crippen LogP contribution < -0.4 is 10.0 Å². The van der Waals surface area contributed by atoms with Crippen molar-refractivity contribution in [3.8, 4) is 6.07 Å². The van der Waals surface area contributed by atoms with Crippen LogP contribution in [-0.4, -0.2) is 21.4 Å². The van der Waals surface area contributed by atoms with Crippen LogP contribution in [-0.2, 0) is 14.8 Å². The number of nitrogens with one attached hydrogen (secondary N) is 2. The first kappa shape index (κ1) is 14.2. The van der Waals surface area contributed by atoms with Crippen molar-refractivity contribution in [2.45, 2.75) is 18.2 Å². The fourth-order valence-electron chi connectivity index (χ4n) is 1.35. The smallest absolute Gasteiger partial charge is 0.240 e. The molecule has 0 saturated carbocycles. The van der Waals surface area contributed by atoms with E-state index in [-0.39, 0.29) is 11.3 Å². The van der Waals surface area contributed by atoms with Gasteiger partial charge in [0, 0.05) is 5.69 Å². The molecule has 0 unspecified atom stereocenters. The number of carbonyl (C=O) groups is 1. The first-order valence-electron chi connectivity index (χ1n) is 5.11. The van der Waals surface area contributed by atoms with Gasteiger partial charge in [0.1, 0.15) is 6.42 Å². The number of sulfonamides is 1. The second-order valence-electron chi connectivity index (χ2n) is 3.57. The van der Waals surface area contributed by atoms with E-state index in [4.69, 9.17) is 5.26 Å². The number of benzene rings is 1. The lowest BCUT2D eigenvalue weighted by Gasteiger charge is -2.09. The minimum Gasteiger partial charge on any atom is -0.325 e. The highest BCUT2D eigenvalue weighted by Crippen LogP contribution is 2.19. The molecule has 0 atom stereocenters. The molecule has 0 heterocycles. The van der Waals surface area contributed by atoms with E-state index in [1.165, 1.54) is 13.1 Å². The average Bonchev–Trinajstić information content (AvgIpc) is 2.31. The van der Waals surface area contributed by atoms with Crippen LogP contribution in [0.25, 0.3) is 0 Å². The normalized spacial score (nSPS) is 10.7. The van der Waals surface area contributed by atoms with Crippen LogP contribution in [0.5, 0.6) is 0 Å². The Hall–Kier alpha value is -1.91. The summed E-state index contributed by atoms with van der Waals surface area (Å²) in [4.78, 5) is 11.3. The van der Waals surface area contributed by atoms with Crippen molar-refractivity contribution in [2.24, 2.45) is 0 Å². The summed E-state index contributed by atoms with van der Waals surface area (Å²) < 4.78 is 25.6. The van der Waals surface area contributed by atoms with Gasteiger partial charge >= 0.3 is 0 Å². The number of aryl methyl sites for hydroxylation is 1. The molecule has 1 aromatic carbocycles. The summed E-state index contributed by atoms with van der Waals surface area (Å²) in [5, 5.41) is 10.8. The maximum absolute atomic E-state index is 11.7. The molecule has 1 amide bonds. The van der Waals surface area contributed by atoms with E-state index in [9.17, 15) is 13.2 Å². The van der Waals surface area contributed by atoms with E-state index in [0.29, 0.717) is 11.3 Å². The lowest BCUT2D eigenvalue weighted by molar-refractivity contribution is -0.115. The standard InChI is InChI=1S/C11H13N3O3S/c1-8-3-4-9(14-11(15)5-6-12)7-10(8)18(16,17)13-2/h3-4,7,13H,5H2,1-2H3,(H,14,15). The van der Waals surface area contributed by atoms with E-state index in [1.54, 1.807) is 25.1 Å². The Morgan fingerprint density at radius 1 is 1.44 bits per heavy atom. The molecule has 0 fully saturated rings. The zero-order valence-electron chi connectivity index (χ0n) is 10.0. The third-order valence-corrected chi connectivity index (χ3v) is 3.83. The molecular weight excluding hydrogens is 254 g/mol. The number of nitrogens with zero attached hydrogens (tertiary/aromatic N) is 1. The van der Waals surface area contributed by atoms with Crippen molar-refractivity contribution in [1.82, 2.24) is 4.72 Å². The van der Waals surface area contributed by atoms with Gasteiger partial charge in [-0.1, -0.05) is 6.07 Å². The Balaban J connectivity index is 3.10. The van der Waals surface area contributed by atoms with Gasteiger partial charge in [0.25, 0.3) is 0 Å². The lowest BCUT2D eigenvalue weighted by Crippen LogP contribution is -2.20. The van der Waals surface area contributed by atoms with Crippen LogP contribution in [0.2, 0.25) is 0 Å². The van der Waals surface area contributed by atoms with Gasteiger partial charge in [-0.25, -0.2) is 13.1 Å². The van der Waals surface area contributed by atoms with Crippen LogP contribution in [0.1, 0.15) is 12.0 Å². The molecule has 0 aliphatic heterocycles. The Morgan fingerprint density at radius 3 is 2.67 bits per heavy atom. The van der Waals surface area contributed by atoms with Gasteiger partial charge in [0.2, 0.25) is 15.9 Å². The van der Waals surface area contributed by atoms with Crippen molar-refractivity contribution < 1.29 is 13.2 Å². The topological polar surface area (TPSA) is 99.1 Å². The van der Waals surface area contributed by atoms with Crippen molar-refractivity contribution >= 4 is 21.6 Å². The largest absolute Gasteiger partial charge is 0.325 e. The molecule has 6 nitrogen and oxygen atoms in total. The summed E-state index contributed by atoms with van der Waals surface area (Å²) in [5.41, 5.74) is 0.914. The highest BCUT2D eigenvalue weighted by Gasteiger charge is 2.15. The molecule has 0 aliphatic carbocycles. The number of nitriles is 1. The van der Waals surface area contributed by atoms with Gasteiger partial charge in [0.05, 0.1) is 11.0 Å². The van der Waals surface area contributed by atoms with Crippen molar-refractivity contribution in [1.29, 1.82) is 5.26 Å². The molecule has 2 N–H and O–H groups in total. The summed E-state index contributed by atoms with van der Waals surface area (Å²) in [6.45, 7) is 1.66. The first-order valence-corrected chi connectivity index (χ1v) is 6.60. The Labute approximate surface area is 106 Å². The van der Waals surface area contributed by atoms with Gasteiger partial charge in [0.15, 0.2) is 0 Å². The molecule has 1 aromatic rings. The van der Waals surface area contributed by atoms with Gasteiger partial charge in [-0.2, -0.15) is 5.26 Å². The number of carbonyl (C=O) groups excluding carboxylic acids is 1. The molecule has 0 aliphatic rings. The molecule has 0 aromatic heterocycles. The van der Waals surface area contributed by atoms with Gasteiger partial charge < -0.3 is 5.32 Å². The predicted octanol–water partition coefficient (Wildman–Crippen LogP) is 0.755. The van der Waals surface area contributed by atoms with Crippen LogP contribution in [0.4, 0.5) is 5.69 Å². The summed E-state index contributed by atoms with van der Waals surface area (Å²) in [5.74, 6) is -0.478. The van der Waals surface area contributed by atoms with Crippen LogP contribution in [0.15, 0.2) is 23.1 Å². The summed E-state index contributed by atoms with van der Waals surface area (Å²) >= 11 is 0. The van der Waals surface area contributed by atoms with E-state index < -0.39 is 15.9 Å². The van der Waals surface area contributed by atoms with E-state index in [0.717, 1.165) is 0 Å². The molecule has 96 valence electrons. The van der Waals surface area contributed by atoms with Crippen molar-refractivity contribution in [3.05, 3.63) is 23.8 Å². The number of rotatable bonds is 4. The maximum atomic E-state index is 11.7. The van der Waals surface area contributed by atoms with E-state index in [1.807, 2.05) is 0 Å². The molecule has 18 heavy (non-hydrogen) atoms. The van der Waals surface area contributed by atoms with Crippen LogP contribution >= 0.6 is 0 Å². The van der Waals surface area contributed by atoms with Crippen molar-refractivity contribution in [3.63, 3.8) is 0 Å². The van der Waals surface area contributed by atoms with Crippen LogP contribution in [0, 0.1) is 18.3 Å². The average molecular weight is 267 g/mol. The SMILES string of the molecule is CNS(=O)(=O)c1cc(NC(=O)CC#N)ccc1C. The highest BCUT2D eigenvalue weighted by molar-refractivity contribution is 7.89. The zero-order chi connectivity index (χ0) is 13.8. The monoisotopic (exact) mass is 267 g/mol. The molecule has 0 bridgehead atoms. The third kappa shape index (κ3) is 3.29. The number of anilines is 1. The lowest BCUT2D eigenvalue weighted by atomic mass is 10.2. The summed E-state index contributed by atoms with van der Waals surface area (Å²) in [6, 6.07) is 6.24. The molecule has 1 rings (SSSR count). The van der Waals surface area contributed by atoms with Gasteiger partial charge in [-0.3, -0.25) is 4.79 Å². The summed E-state index contributed by atoms with van der Waals surface area (Å²) in [6.07, 6.45) is -0.276. The molecule has 7 heteroatoms. The molecule has 0 radical (unpaired) electrons. The fourth-order valence-corrected chi connectivity index (χ4v) is 2.35. The number of hydrogen-bond donors (Lipinski definition) is 2. The Kier molecular flexibility index (Phi) is 4.42. The molecular formula is C11H13N3O3S. The molecule has 0 saturated heterocycles. The number of hydrogen-bond acceptors (Lipinski definition) is 4. The van der Waals surface area contributed by atoms with Crippen molar-refractivity contribution in [2.75, 3.05) is 12.4 Å². The Morgan fingerprint density at radius 2 is 2.11 bits per heavy atom. The van der Waals surface area contributed by atoms with E-state index in [2.05, 4.69) is 10.0 Å². The van der Waals surface area contributed by atoms with Gasteiger partial charge in [-0.05, 0) is 31.7 Å². The highest BCUT2D eigenvalue weighted by atomic mass is 32.2. The second kappa shape index (κ2) is 5.62. The third-order valence-electron chi connectivity index (χ3n) is 2.27. The van der Waals surface area contributed by atoms with Crippen LogP contribution in [0.3, 0.4) is 0 Å². The first-order chi connectivity index (χ1) is 8.40. The minimum atomic E-state index is -3.57. The fraction of sp³-hybridized carbons (Fsp3) is 0.273. The zero-order valence-corrected chi connectivity index (χ0v) is 10.8.